The summed E-state index contributed by atoms with van der Waals surface area (Å²) in [4.78, 5) is 12.4. The Labute approximate surface area is 133 Å². The van der Waals surface area contributed by atoms with Crippen molar-refractivity contribution in [3.05, 3.63) is 6.33 Å². The third-order valence-corrected chi connectivity index (χ3v) is 4.90. The van der Waals surface area contributed by atoms with E-state index < -0.39 is 23.3 Å². The number of methoxy groups -OCH3 is 1. The number of anilines is 1. The molecule has 0 bridgehead atoms. The fraction of sp³-hybridized carbons (Fsp3) is 0.643. The highest BCUT2D eigenvalue weighted by molar-refractivity contribution is 5.77. The third kappa shape index (κ3) is 2.07. The van der Waals surface area contributed by atoms with Gasteiger partial charge in [-0.05, 0) is 6.92 Å². The van der Waals surface area contributed by atoms with E-state index >= 15 is 0 Å². The van der Waals surface area contributed by atoms with Crippen molar-refractivity contribution in [3.63, 3.8) is 0 Å². The minimum atomic E-state index is -1.26. The molecule has 3 rings (SSSR count). The number of aromatic nitrogens is 4. The second kappa shape index (κ2) is 5.02. The Hall–Kier alpha value is -1.97. The number of imidazole rings is 1. The highest BCUT2D eigenvalue weighted by Crippen LogP contribution is 2.51. The molecule has 1 fully saturated rings. The van der Waals surface area contributed by atoms with Crippen molar-refractivity contribution in [1.82, 2.24) is 19.5 Å². The maximum atomic E-state index is 11.0. The monoisotopic (exact) mass is 323 g/mol. The largest absolute Gasteiger partial charge is 0.479 e. The highest BCUT2D eigenvalue weighted by Gasteiger charge is 2.59. The summed E-state index contributed by atoms with van der Waals surface area (Å²) in [7, 11) is 1.47. The summed E-state index contributed by atoms with van der Waals surface area (Å²) in [5.74, 6) is 0.286. The van der Waals surface area contributed by atoms with Gasteiger partial charge in [0.05, 0.1) is 26.1 Å². The second-order valence-corrected chi connectivity index (χ2v) is 6.44. The second-order valence-electron chi connectivity index (χ2n) is 6.44. The predicted molar refractivity (Wildman–Crippen MR) is 81.7 cm³/mol. The van der Waals surface area contributed by atoms with Crippen molar-refractivity contribution in [2.24, 2.45) is 5.41 Å². The number of rotatable bonds is 3. The first-order valence-corrected chi connectivity index (χ1v) is 7.26. The molecule has 126 valence electrons. The molecule has 9 heteroatoms. The number of fused-ring (bicyclic) bond motifs is 1. The van der Waals surface area contributed by atoms with Crippen LogP contribution in [0.3, 0.4) is 0 Å². The van der Waals surface area contributed by atoms with Gasteiger partial charge in [-0.25, -0.2) is 4.98 Å². The quantitative estimate of drug-likeness (QED) is 0.724. The van der Waals surface area contributed by atoms with Crippen molar-refractivity contribution < 1.29 is 19.7 Å². The molecule has 3 heterocycles. The van der Waals surface area contributed by atoms with Gasteiger partial charge in [-0.1, -0.05) is 13.8 Å². The van der Waals surface area contributed by atoms with Crippen LogP contribution in [0.2, 0.25) is 0 Å². The van der Waals surface area contributed by atoms with E-state index in [0.29, 0.717) is 11.2 Å². The van der Waals surface area contributed by atoms with Crippen LogP contribution < -0.4 is 10.5 Å². The number of ether oxygens (including phenoxy) is 2. The fourth-order valence-corrected chi connectivity index (χ4v) is 2.93. The van der Waals surface area contributed by atoms with Crippen LogP contribution in [-0.4, -0.2) is 55.2 Å². The summed E-state index contributed by atoms with van der Waals surface area (Å²) < 4.78 is 12.6. The van der Waals surface area contributed by atoms with E-state index in [-0.39, 0.29) is 18.4 Å². The van der Waals surface area contributed by atoms with Crippen molar-refractivity contribution in [2.45, 2.75) is 38.7 Å². The lowest BCUT2D eigenvalue weighted by atomic mass is 9.73. The van der Waals surface area contributed by atoms with E-state index in [1.165, 1.54) is 13.4 Å². The molecule has 1 aliphatic rings. The normalized spacial score (nSPS) is 30.0. The molecule has 23 heavy (non-hydrogen) atoms. The van der Waals surface area contributed by atoms with Crippen LogP contribution in [0, 0.1) is 5.41 Å². The lowest BCUT2D eigenvalue weighted by Gasteiger charge is -2.36. The zero-order valence-electron chi connectivity index (χ0n) is 13.5. The zero-order valence-corrected chi connectivity index (χ0v) is 13.5. The molecule has 1 aliphatic heterocycles. The lowest BCUT2D eigenvalue weighted by Crippen LogP contribution is -2.46. The molecule has 0 spiro atoms. The molecule has 0 saturated carbocycles. The van der Waals surface area contributed by atoms with Gasteiger partial charge < -0.3 is 25.4 Å². The molecule has 0 aliphatic carbocycles. The number of nitrogens with zero attached hydrogens (tertiary/aromatic N) is 4. The number of aliphatic hydroxyl groups is 2. The zero-order chi connectivity index (χ0) is 17.0. The van der Waals surface area contributed by atoms with Gasteiger partial charge in [0.25, 0.3) is 0 Å². The smallest absolute Gasteiger partial charge is 0.246 e. The summed E-state index contributed by atoms with van der Waals surface area (Å²) in [6, 6.07) is 0. The molecule has 0 aromatic carbocycles. The average molecular weight is 323 g/mol. The molecule has 0 radical (unpaired) electrons. The Kier molecular flexibility index (Phi) is 3.47. The first-order chi connectivity index (χ1) is 10.7. The van der Waals surface area contributed by atoms with E-state index in [1.54, 1.807) is 11.5 Å². The van der Waals surface area contributed by atoms with Gasteiger partial charge >= 0.3 is 0 Å². The highest BCUT2D eigenvalue weighted by atomic mass is 16.5. The molecule has 3 atom stereocenters. The number of aliphatic hydroxyl groups excluding tert-OH is 1. The van der Waals surface area contributed by atoms with Crippen LogP contribution in [0.4, 0.5) is 5.95 Å². The van der Waals surface area contributed by atoms with E-state index in [1.807, 2.05) is 13.8 Å². The Morgan fingerprint density at radius 3 is 2.65 bits per heavy atom. The summed E-state index contributed by atoms with van der Waals surface area (Å²) in [5.41, 5.74) is 4.60. The topological polar surface area (TPSA) is 129 Å². The molecular formula is C14H21N5O4. The number of nitrogen functional groups attached to an aromatic ring is 1. The number of hydrogen-bond donors (Lipinski definition) is 3. The van der Waals surface area contributed by atoms with Crippen LogP contribution in [0.1, 0.15) is 27.0 Å². The lowest BCUT2D eigenvalue weighted by molar-refractivity contribution is -0.0942. The first-order valence-electron chi connectivity index (χ1n) is 7.26. The third-order valence-electron chi connectivity index (χ3n) is 4.90. The molecule has 2 aromatic heterocycles. The van der Waals surface area contributed by atoms with Gasteiger partial charge in [-0.2, -0.15) is 9.97 Å². The van der Waals surface area contributed by atoms with E-state index in [2.05, 4.69) is 15.0 Å². The molecular weight excluding hydrogens is 302 g/mol. The van der Waals surface area contributed by atoms with E-state index in [4.69, 9.17) is 15.2 Å². The molecule has 0 amide bonds. The van der Waals surface area contributed by atoms with Crippen molar-refractivity contribution in [1.29, 1.82) is 0 Å². The van der Waals surface area contributed by atoms with Gasteiger partial charge in [0, 0.05) is 5.41 Å². The van der Waals surface area contributed by atoms with Gasteiger partial charge in [-0.3, -0.25) is 4.57 Å². The van der Waals surface area contributed by atoms with Gasteiger partial charge in [-0.15, -0.1) is 0 Å². The van der Waals surface area contributed by atoms with Crippen molar-refractivity contribution >= 4 is 17.1 Å². The van der Waals surface area contributed by atoms with Gasteiger partial charge in [0.2, 0.25) is 11.8 Å². The number of nitrogens with two attached hydrogens (primary N) is 1. The SMILES string of the molecule is COc1nc(N)nc2c1ncn2[C@@H]1O[C@H](CO)C(C)(C)[C@@]1(C)O. The molecule has 4 N–H and O–H groups in total. The summed E-state index contributed by atoms with van der Waals surface area (Å²) >= 11 is 0. The van der Waals surface area contributed by atoms with E-state index in [0.717, 1.165) is 0 Å². The Bertz CT molecular complexity index is 742. The molecule has 9 nitrogen and oxygen atoms in total. The standard InChI is InChI=1S/C14H21N5O4/c1-13(2)7(5-20)23-11(14(13,3)21)19-6-16-8-9(19)17-12(15)18-10(8)22-4/h6-7,11,20-21H,5H2,1-4H3,(H2,15,17,18)/t7-,11-,14+/m1/s1. The maximum Gasteiger partial charge on any atom is 0.246 e. The first kappa shape index (κ1) is 15.9. The van der Waals surface area contributed by atoms with Crippen LogP contribution in [0.5, 0.6) is 5.88 Å². The summed E-state index contributed by atoms with van der Waals surface area (Å²) in [6.07, 6.45) is 0.190. The number of hydrogen-bond acceptors (Lipinski definition) is 8. The van der Waals surface area contributed by atoms with Gasteiger partial charge in [0.1, 0.15) is 5.60 Å². The van der Waals surface area contributed by atoms with E-state index in [9.17, 15) is 10.2 Å². The minimum Gasteiger partial charge on any atom is -0.479 e. The molecule has 2 aromatic rings. The van der Waals surface area contributed by atoms with Crippen molar-refractivity contribution in [3.8, 4) is 5.88 Å². The Balaban J connectivity index is 2.16. The van der Waals surface area contributed by atoms with Crippen molar-refractivity contribution in [2.75, 3.05) is 19.5 Å². The van der Waals surface area contributed by atoms with Gasteiger partial charge in [0.15, 0.2) is 17.4 Å². The average Bonchev–Trinajstić information content (AvgIpc) is 2.96. The Morgan fingerprint density at radius 2 is 2.09 bits per heavy atom. The predicted octanol–water partition coefficient (Wildman–Crippen LogP) is 0.0840. The minimum absolute atomic E-state index is 0.0340. The van der Waals surface area contributed by atoms with Crippen LogP contribution >= 0.6 is 0 Å². The molecule has 1 saturated heterocycles. The van der Waals surface area contributed by atoms with Crippen LogP contribution in [0.15, 0.2) is 6.33 Å². The molecule has 0 unspecified atom stereocenters. The summed E-state index contributed by atoms with van der Waals surface area (Å²) in [6.45, 7) is 5.15. The maximum absolute atomic E-state index is 11.0. The van der Waals surface area contributed by atoms with Crippen LogP contribution in [-0.2, 0) is 4.74 Å². The Morgan fingerprint density at radius 1 is 1.39 bits per heavy atom. The van der Waals surface area contributed by atoms with Crippen LogP contribution in [0.25, 0.3) is 11.2 Å². The fourth-order valence-electron chi connectivity index (χ4n) is 2.93. The summed E-state index contributed by atoms with van der Waals surface area (Å²) in [5, 5.41) is 20.6.